The van der Waals surface area contributed by atoms with Crippen molar-refractivity contribution >= 4 is 52.5 Å². The highest BCUT2D eigenvalue weighted by atomic mass is 35.5. The van der Waals surface area contributed by atoms with Crippen LogP contribution in [0, 0.1) is 28.6 Å². The fourth-order valence-corrected chi connectivity index (χ4v) is 5.44. The number of carbonyl (C=O) groups is 2. The van der Waals surface area contributed by atoms with Gasteiger partial charge in [0.1, 0.15) is 12.2 Å². The first-order chi connectivity index (χ1) is 21.6. The molecule has 15 nitrogen and oxygen atoms in total. The number of ether oxygens (including phenoxy) is 2. The van der Waals surface area contributed by atoms with Crippen LogP contribution < -0.4 is 26.6 Å². The summed E-state index contributed by atoms with van der Waals surface area (Å²) in [5, 5.41) is 33.0. The highest BCUT2D eigenvalue weighted by molar-refractivity contribution is 6.36. The summed E-state index contributed by atoms with van der Waals surface area (Å²) in [6.45, 7) is 7.07. The molecule has 1 fully saturated rings. The molecule has 2 aromatic heterocycles. The molecule has 4 rings (SSSR count). The number of nitrogens with two attached hydrogens (primary N) is 1. The third kappa shape index (κ3) is 8.00. The van der Waals surface area contributed by atoms with E-state index >= 15 is 0 Å². The van der Waals surface area contributed by atoms with E-state index in [4.69, 9.17) is 26.8 Å². The number of fused-ring (bicyclic) bond motifs is 1. The minimum atomic E-state index is -0.756. The van der Waals surface area contributed by atoms with E-state index in [1.807, 2.05) is 31.7 Å². The van der Waals surface area contributed by atoms with E-state index in [9.17, 15) is 20.1 Å². The predicted octanol–water partition coefficient (Wildman–Crippen LogP) is 3.31. The molecule has 3 heterocycles. The molecule has 3 atom stereocenters. The van der Waals surface area contributed by atoms with Gasteiger partial charge >= 0.3 is 12.1 Å². The number of anilines is 4. The van der Waals surface area contributed by atoms with E-state index < -0.39 is 24.2 Å². The number of nitrogens with one attached hydrogen (secondary N) is 3. The number of halogens is 1. The van der Waals surface area contributed by atoms with Crippen LogP contribution in [0.3, 0.4) is 0 Å². The fourth-order valence-electron chi connectivity index (χ4n) is 5.16. The predicted molar refractivity (Wildman–Crippen MR) is 167 cm³/mol. The number of methoxy groups -OCH3 is 1. The van der Waals surface area contributed by atoms with Crippen molar-refractivity contribution in [2.45, 2.75) is 58.2 Å². The van der Waals surface area contributed by atoms with Crippen LogP contribution in [0.25, 0.3) is 5.65 Å². The van der Waals surface area contributed by atoms with Crippen molar-refractivity contribution in [2.24, 2.45) is 11.7 Å². The first-order valence-electron chi connectivity index (χ1n) is 14.5. The van der Waals surface area contributed by atoms with Gasteiger partial charge in [-0.1, -0.05) is 25.4 Å². The molecule has 0 unspecified atom stereocenters. The maximum atomic E-state index is 12.9. The lowest BCUT2D eigenvalue weighted by Gasteiger charge is -2.39. The average Bonchev–Trinajstić information content (AvgIpc) is 3.42. The van der Waals surface area contributed by atoms with Gasteiger partial charge in [-0.15, -0.1) is 5.10 Å². The van der Waals surface area contributed by atoms with Crippen molar-refractivity contribution in [3.63, 3.8) is 0 Å². The second-order valence-corrected chi connectivity index (χ2v) is 11.4. The number of amides is 1. The topological polar surface area (TPSA) is 209 Å². The number of hydrogen-bond acceptors (Lipinski definition) is 13. The molecular weight excluding hydrogens is 602 g/mol. The summed E-state index contributed by atoms with van der Waals surface area (Å²) < 4.78 is 12.0. The maximum Gasteiger partial charge on any atom is 0.407 e. The first-order valence-corrected chi connectivity index (χ1v) is 14.9. The van der Waals surface area contributed by atoms with Gasteiger partial charge in [0.25, 0.3) is 0 Å². The van der Waals surface area contributed by atoms with E-state index in [1.165, 1.54) is 17.8 Å². The summed E-state index contributed by atoms with van der Waals surface area (Å²) in [6, 6.07) is 6.51. The highest BCUT2D eigenvalue weighted by Crippen LogP contribution is 2.37. The first kappa shape index (κ1) is 33.0. The molecule has 0 spiro atoms. The molecule has 45 heavy (non-hydrogen) atoms. The standard InChI is InChI=1S/C29H36ClN11O4/c1-5-34-26-27-35-14-19(13-32)41(27)39-28(38-26)36-21-9-17(12-31)10-22(25(21)30)40-7-6-20(37-29(43)44-4)23(15-40)45-24(42)11-18(33)8-16(2)3/h9-10,14,16,18,20,23H,5-8,11,15,33H2,1-4H3,(H,37,43)(H2,34,36,38,39)/t18-,20-,23+/m1/s1. The molecule has 0 bridgehead atoms. The summed E-state index contributed by atoms with van der Waals surface area (Å²) in [5.41, 5.74) is 7.87. The second-order valence-electron chi connectivity index (χ2n) is 11.0. The quantitative estimate of drug-likeness (QED) is 0.223. The molecule has 238 valence electrons. The van der Waals surface area contributed by atoms with Crippen LogP contribution >= 0.6 is 11.6 Å². The smallest absolute Gasteiger partial charge is 0.407 e. The summed E-state index contributed by atoms with van der Waals surface area (Å²) in [4.78, 5) is 35.6. The minimum absolute atomic E-state index is 0.0298. The van der Waals surface area contributed by atoms with Crippen LogP contribution in [0.2, 0.25) is 5.02 Å². The number of piperidine rings is 1. The Morgan fingerprint density at radius 3 is 2.71 bits per heavy atom. The lowest BCUT2D eigenvalue weighted by atomic mass is 9.99. The number of carbonyl (C=O) groups excluding carboxylic acids is 2. The number of benzene rings is 1. The van der Waals surface area contributed by atoms with Crippen LogP contribution in [0.1, 0.15) is 51.3 Å². The van der Waals surface area contributed by atoms with Gasteiger partial charge in [0.2, 0.25) is 5.95 Å². The van der Waals surface area contributed by atoms with Crippen LogP contribution in [0.5, 0.6) is 0 Å². The van der Waals surface area contributed by atoms with Crippen LogP contribution in [-0.4, -0.2) is 76.6 Å². The molecule has 0 radical (unpaired) electrons. The van der Waals surface area contributed by atoms with Crippen LogP contribution in [0.4, 0.5) is 27.9 Å². The lowest BCUT2D eigenvalue weighted by Crippen LogP contribution is -2.56. The summed E-state index contributed by atoms with van der Waals surface area (Å²) >= 11 is 6.92. The number of nitriles is 2. The zero-order valence-corrected chi connectivity index (χ0v) is 26.3. The molecule has 5 N–H and O–H groups in total. The normalized spacial score (nSPS) is 16.9. The van der Waals surface area contributed by atoms with E-state index in [0.717, 1.165) is 0 Å². The molecule has 0 saturated carbocycles. The molecule has 16 heteroatoms. The largest absolute Gasteiger partial charge is 0.458 e. The van der Waals surface area contributed by atoms with Crippen molar-refractivity contribution in [1.29, 1.82) is 10.5 Å². The number of nitrogens with zero attached hydrogens (tertiary/aromatic N) is 7. The lowest BCUT2D eigenvalue weighted by molar-refractivity contribution is -0.151. The zero-order chi connectivity index (χ0) is 32.7. The Kier molecular flexibility index (Phi) is 10.8. The van der Waals surface area contributed by atoms with Crippen molar-refractivity contribution < 1.29 is 19.1 Å². The highest BCUT2D eigenvalue weighted by Gasteiger charge is 2.35. The van der Waals surface area contributed by atoms with Gasteiger partial charge in [-0.3, -0.25) is 4.79 Å². The Morgan fingerprint density at radius 1 is 1.27 bits per heavy atom. The summed E-state index contributed by atoms with van der Waals surface area (Å²) in [7, 11) is 1.26. The third-order valence-electron chi connectivity index (χ3n) is 7.12. The van der Waals surface area contributed by atoms with Crippen molar-refractivity contribution in [2.75, 3.05) is 42.3 Å². The van der Waals surface area contributed by atoms with Gasteiger partial charge in [0.15, 0.2) is 17.2 Å². The third-order valence-corrected chi connectivity index (χ3v) is 7.52. The Balaban J connectivity index is 1.64. The van der Waals surface area contributed by atoms with Gasteiger partial charge in [-0.05, 0) is 37.8 Å². The Bertz CT molecular complexity index is 1630. The van der Waals surface area contributed by atoms with Crippen molar-refractivity contribution in [3.05, 3.63) is 34.6 Å². The second kappa shape index (κ2) is 14.7. The molecule has 3 aromatic rings. The van der Waals surface area contributed by atoms with Gasteiger partial charge in [-0.25, -0.2) is 9.78 Å². The molecule has 1 aliphatic heterocycles. The van der Waals surface area contributed by atoms with E-state index in [1.54, 1.807) is 12.1 Å². The fraction of sp³-hybridized carbons (Fsp3) is 0.483. The minimum Gasteiger partial charge on any atom is -0.458 e. The maximum absolute atomic E-state index is 12.9. The molecule has 1 aromatic carbocycles. The van der Waals surface area contributed by atoms with Crippen LogP contribution in [0.15, 0.2) is 18.3 Å². The van der Waals surface area contributed by atoms with Crippen molar-refractivity contribution in [1.82, 2.24) is 24.9 Å². The number of rotatable bonds is 11. The molecule has 1 aliphatic rings. The van der Waals surface area contributed by atoms with Gasteiger partial charge in [0, 0.05) is 19.1 Å². The molecule has 1 amide bonds. The SMILES string of the molecule is CCNc1nc(Nc2cc(C#N)cc(N3CC[C@@H](NC(=O)OC)[C@@H](OC(=O)C[C@H](N)CC(C)C)C3)c2Cl)nn2c(C#N)cnc12. The zero-order valence-electron chi connectivity index (χ0n) is 25.5. The Morgan fingerprint density at radius 2 is 2.04 bits per heavy atom. The van der Waals surface area contributed by atoms with Gasteiger partial charge in [0.05, 0.1) is 60.3 Å². The summed E-state index contributed by atoms with van der Waals surface area (Å²) in [6.07, 6.45) is 1.08. The van der Waals surface area contributed by atoms with E-state index in [2.05, 4.69) is 37.1 Å². The Labute approximate surface area is 265 Å². The van der Waals surface area contributed by atoms with E-state index in [-0.39, 0.29) is 35.7 Å². The Hall–Kier alpha value is -4.86. The van der Waals surface area contributed by atoms with Gasteiger partial charge < -0.3 is 36.1 Å². The monoisotopic (exact) mass is 637 g/mol. The number of imidazole rings is 1. The average molecular weight is 638 g/mol. The molecule has 1 saturated heterocycles. The van der Waals surface area contributed by atoms with Crippen LogP contribution in [-0.2, 0) is 14.3 Å². The number of alkyl carbamates (subject to hydrolysis) is 1. The number of esters is 1. The molecular formula is C29H36ClN11O4. The van der Waals surface area contributed by atoms with Gasteiger partial charge in [-0.2, -0.15) is 20.0 Å². The number of aromatic nitrogens is 4. The van der Waals surface area contributed by atoms with E-state index in [0.29, 0.717) is 60.3 Å². The van der Waals surface area contributed by atoms with Crippen molar-refractivity contribution in [3.8, 4) is 12.1 Å². The number of hydrogen-bond donors (Lipinski definition) is 4. The molecule has 0 aliphatic carbocycles. The summed E-state index contributed by atoms with van der Waals surface area (Å²) in [5.74, 6) is 0.356.